The van der Waals surface area contributed by atoms with Gasteiger partial charge in [0.25, 0.3) is 0 Å². The second kappa shape index (κ2) is 3.86. The average molecular weight is 220 g/mol. The maximum atomic E-state index is 11.2. The Morgan fingerprint density at radius 3 is 2.50 bits per heavy atom. The van der Waals surface area contributed by atoms with Gasteiger partial charge in [0.2, 0.25) is 5.91 Å². The molecule has 0 bridgehead atoms. The molecule has 0 aromatic rings. The van der Waals surface area contributed by atoms with Crippen LogP contribution in [-0.4, -0.2) is 49.9 Å². The minimum atomic E-state index is -2.99. The molecule has 1 heterocycles. The van der Waals surface area contributed by atoms with Crippen molar-refractivity contribution in [3.8, 4) is 0 Å². The molecule has 0 aromatic heterocycles. The van der Waals surface area contributed by atoms with Gasteiger partial charge in [-0.1, -0.05) is 0 Å². The van der Waals surface area contributed by atoms with Crippen LogP contribution in [0.15, 0.2) is 0 Å². The van der Waals surface area contributed by atoms with E-state index in [1.165, 1.54) is 6.26 Å². The highest BCUT2D eigenvalue weighted by Gasteiger charge is 2.33. The molecule has 5 nitrogen and oxygen atoms in total. The second-order valence-electron chi connectivity index (χ2n) is 3.81. The fourth-order valence-electron chi connectivity index (χ4n) is 1.64. The van der Waals surface area contributed by atoms with E-state index in [9.17, 15) is 13.2 Å². The topological polar surface area (TPSA) is 80.5 Å². The molecule has 1 saturated heterocycles. The van der Waals surface area contributed by atoms with E-state index in [4.69, 9.17) is 5.73 Å². The lowest BCUT2D eigenvalue weighted by atomic mass is 10.3. The lowest BCUT2D eigenvalue weighted by Crippen LogP contribution is -2.42. The van der Waals surface area contributed by atoms with E-state index in [1.54, 1.807) is 6.92 Å². The van der Waals surface area contributed by atoms with Crippen molar-refractivity contribution in [1.29, 1.82) is 0 Å². The zero-order chi connectivity index (χ0) is 10.9. The van der Waals surface area contributed by atoms with Gasteiger partial charge >= 0.3 is 0 Å². The van der Waals surface area contributed by atoms with Crippen LogP contribution in [0, 0.1) is 0 Å². The number of carbonyl (C=O) groups is 1. The van der Waals surface area contributed by atoms with Crippen molar-refractivity contribution >= 4 is 15.7 Å². The highest BCUT2D eigenvalue weighted by Crippen LogP contribution is 2.18. The van der Waals surface area contributed by atoms with E-state index in [-0.39, 0.29) is 11.3 Å². The molecule has 82 valence electrons. The summed E-state index contributed by atoms with van der Waals surface area (Å²) in [5, 5.41) is -0.343. The van der Waals surface area contributed by atoms with Gasteiger partial charge in [0.15, 0.2) is 9.84 Å². The molecule has 0 aliphatic carbocycles. The number of sulfone groups is 1. The average Bonchev–Trinajstić information content (AvgIpc) is 2.49. The van der Waals surface area contributed by atoms with Crippen molar-refractivity contribution in [3.63, 3.8) is 0 Å². The van der Waals surface area contributed by atoms with Crippen molar-refractivity contribution in [3.05, 3.63) is 0 Å². The van der Waals surface area contributed by atoms with Gasteiger partial charge in [0.05, 0.1) is 11.3 Å². The van der Waals surface area contributed by atoms with Crippen LogP contribution >= 0.6 is 0 Å². The molecule has 1 aliphatic heterocycles. The summed E-state index contributed by atoms with van der Waals surface area (Å²) in [5.74, 6) is -0.404. The molecule has 14 heavy (non-hydrogen) atoms. The summed E-state index contributed by atoms with van der Waals surface area (Å²) in [6, 6.07) is -0.373. The predicted octanol–water partition coefficient (Wildman–Crippen LogP) is -1.02. The number of nitrogens with zero attached hydrogens (tertiary/aromatic N) is 1. The smallest absolute Gasteiger partial charge is 0.234 e. The van der Waals surface area contributed by atoms with Crippen molar-refractivity contribution < 1.29 is 13.2 Å². The zero-order valence-corrected chi connectivity index (χ0v) is 9.25. The standard InChI is InChI=1S/C8H16N2O3S/c1-6(8(9)11)10-4-3-7(5-10)14(2,12)13/h6-7H,3-5H2,1-2H3,(H2,9,11). The van der Waals surface area contributed by atoms with E-state index < -0.39 is 15.7 Å². The molecule has 1 fully saturated rings. The Hall–Kier alpha value is -0.620. The maximum absolute atomic E-state index is 11.2. The molecule has 0 saturated carbocycles. The zero-order valence-electron chi connectivity index (χ0n) is 8.43. The first-order chi connectivity index (χ1) is 6.32. The first-order valence-electron chi connectivity index (χ1n) is 4.54. The normalized spacial score (nSPS) is 26.3. The van der Waals surface area contributed by atoms with Crippen molar-refractivity contribution in [2.75, 3.05) is 19.3 Å². The van der Waals surface area contributed by atoms with Gasteiger partial charge in [-0.15, -0.1) is 0 Å². The summed E-state index contributed by atoms with van der Waals surface area (Å²) in [6.45, 7) is 2.75. The number of likely N-dealkylation sites (tertiary alicyclic amines) is 1. The second-order valence-corrected chi connectivity index (χ2v) is 6.14. The van der Waals surface area contributed by atoms with Crippen LogP contribution in [0.3, 0.4) is 0 Å². The summed E-state index contributed by atoms with van der Waals surface area (Å²) in [4.78, 5) is 12.7. The Balaban J connectivity index is 2.62. The summed E-state index contributed by atoms with van der Waals surface area (Å²) < 4.78 is 22.5. The van der Waals surface area contributed by atoms with Crippen LogP contribution in [0.25, 0.3) is 0 Å². The lowest BCUT2D eigenvalue weighted by Gasteiger charge is -2.20. The van der Waals surface area contributed by atoms with Crippen LogP contribution in [0.5, 0.6) is 0 Å². The Bertz CT molecular complexity index is 325. The van der Waals surface area contributed by atoms with Gasteiger partial charge in [-0.05, 0) is 13.3 Å². The molecule has 1 aliphatic rings. The number of primary amides is 1. The lowest BCUT2D eigenvalue weighted by molar-refractivity contribution is -0.122. The number of hydrogen-bond donors (Lipinski definition) is 1. The van der Waals surface area contributed by atoms with Crippen LogP contribution in [-0.2, 0) is 14.6 Å². The summed E-state index contributed by atoms with van der Waals surface area (Å²) in [6.07, 6.45) is 1.83. The Kier molecular flexibility index (Phi) is 3.16. The quantitative estimate of drug-likeness (QED) is 0.660. The van der Waals surface area contributed by atoms with Gasteiger partial charge in [0, 0.05) is 19.3 Å². The molecule has 0 radical (unpaired) electrons. The van der Waals surface area contributed by atoms with Crippen molar-refractivity contribution in [2.45, 2.75) is 24.6 Å². The van der Waals surface area contributed by atoms with Crippen LogP contribution in [0.2, 0.25) is 0 Å². The number of carbonyl (C=O) groups excluding carboxylic acids is 1. The molecule has 2 atom stereocenters. The maximum Gasteiger partial charge on any atom is 0.234 e. The van der Waals surface area contributed by atoms with Gasteiger partial charge in [-0.3, -0.25) is 9.69 Å². The Morgan fingerprint density at radius 1 is 1.57 bits per heavy atom. The third kappa shape index (κ3) is 2.45. The van der Waals surface area contributed by atoms with Gasteiger partial charge < -0.3 is 5.73 Å². The first-order valence-corrected chi connectivity index (χ1v) is 6.50. The summed E-state index contributed by atoms with van der Waals surface area (Å²) >= 11 is 0. The van der Waals surface area contributed by atoms with Gasteiger partial charge in [-0.2, -0.15) is 0 Å². The highest BCUT2D eigenvalue weighted by molar-refractivity contribution is 7.91. The van der Waals surface area contributed by atoms with Crippen LogP contribution in [0.1, 0.15) is 13.3 Å². The molecule has 2 unspecified atom stereocenters. The fraction of sp³-hybridized carbons (Fsp3) is 0.875. The highest BCUT2D eigenvalue weighted by atomic mass is 32.2. The largest absolute Gasteiger partial charge is 0.368 e. The molecule has 1 amide bonds. The van der Waals surface area contributed by atoms with Crippen molar-refractivity contribution in [2.24, 2.45) is 5.73 Å². The fourth-order valence-corrected chi connectivity index (χ4v) is 2.63. The molecular formula is C8H16N2O3S. The van der Waals surface area contributed by atoms with Gasteiger partial charge in [0.1, 0.15) is 0 Å². The predicted molar refractivity (Wildman–Crippen MR) is 53.5 cm³/mol. The van der Waals surface area contributed by atoms with E-state index >= 15 is 0 Å². The minimum Gasteiger partial charge on any atom is -0.368 e. The summed E-state index contributed by atoms with van der Waals surface area (Å²) in [5.41, 5.74) is 5.14. The van der Waals surface area contributed by atoms with E-state index in [1.807, 2.05) is 4.90 Å². The molecule has 2 N–H and O–H groups in total. The molecule has 1 rings (SSSR count). The Labute approximate surface area is 84.2 Å². The minimum absolute atomic E-state index is 0.343. The molecular weight excluding hydrogens is 204 g/mol. The molecule has 0 aromatic carbocycles. The number of amides is 1. The number of nitrogens with two attached hydrogens (primary N) is 1. The van der Waals surface area contributed by atoms with Crippen LogP contribution < -0.4 is 5.73 Å². The molecule has 6 heteroatoms. The SMILES string of the molecule is CC(C(N)=O)N1CCC(S(C)(=O)=O)C1. The summed E-state index contributed by atoms with van der Waals surface area (Å²) in [7, 11) is -2.99. The third-order valence-electron chi connectivity index (χ3n) is 2.74. The van der Waals surface area contributed by atoms with Crippen LogP contribution in [0.4, 0.5) is 0 Å². The van der Waals surface area contributed by atoms with Crippen molar-refractivity contribution in [1.82, 2.24) is 4.90 Å². The molecule has 0 spiro atoms. The number of rotatable bonds is 3. The van der Waals surface area contributed by atoms with Gasteiger partial charge in [-0.25, -0.2) is 8.42 Å². The first kappa shape index (κ1) is 11.5. The Morgan fingerprint density at radius 2 is 2.14 bits per heavy atom. The monoisotopic (exact) mass is 220 g/mol. The number of hydrogen-bond acceptors (Lipinski definition) is 4. The third-order valence-corrected chi connectivity index (χ3v) is 4.34. The van der Waals surface area contributed by atoms with E-state index in [2.05, 4.69) is 0 Å². The van der Waals surface area contributed by atoms with E-state index in [0.29, 0.717) is 19.5 Å². The van der Waals surface area contributed by atoms with E-state index in [0.717, 1.165) is 0 Å².